The Hall–Kier alpha value is -1.98. The molecule has 2 N–H and O–H groups in total. The van der Waals surface area contributed by atoms with Crippen molar-refractivity contribution in [3.63, 3.8) is 0 Å². The molecule has 6 nitrogen and oxygen atoms in total. The number of nitrogen functional groups attached to an aromatic ring is 1. The van der Waals surface area contributed by atoms with E-state index in [1.165, 1.54) is 4.52 Å². The molecule has 0 aromatic carbocycles. The van der Waals surface area contributed by atoms with Crippen molar-refractivity contribution in [3.8, 4) is 11.6 Å². The van der Waals surface area contributed by atoms with Crippen LogP contribution in [0.4, 0.5) is 5.95 Å². The maximum atomic E-state index is 5.48. The first kappa shape index (κ1) is 8.61. The highest BCUT2D eigenvalue weighted by Gasteiger charge is 2.10. The molecule has 0 atom stereocenters. The van der Waals surface area contributed by atoms with E-state index in [0.29, 0.717) is 17.3 Å². The van der Waals surface area contributed by atoms with Crippen molar-refractivity contribution in [3.05, 3.63) is 12.1 Å². The van der Waals surface area contributed by atoms with Crippen molar-refractivity contribution in [2.45, 2.75) is 0 Å². The predicted molar refractivity (Wildman–Crippen MR) is 50.5 cm³/mol. The average molecular weight is 194 g/mol. The van der Waals surface area contributed by atoms with Gasteiger partial charge in [0.2, 0.25) is 17.5 Å². The van der Waals surface area contributed by atoms with Crippen molar-refractivity contribution in [1.29, 1.82) is 0 Å². The van der Waals surface area contributed by atoms with Crippen LogP contribution in [0, 0.1) is 0 Å². The SMILES string of the molecule is COc1ccc(OC)n2nc(N)nc12. The summed E-state index contributed by atoms with van der Waals surface area (Å²) in [5, 5.41) is 3.97. The molecule has 0 aliphatic carbocycles. The van der Waals surface area contributed by atoms with Crippen molar-refractivity contribution >= 4 is 11.6 Å². The smallest absolute Gasteiger partial charge is 0.240 e. The van der Waals surface area contributed by atoms with E-state index in [4.69, 9.17) is 15.2 Å². The van der Waals surface area contributed by atoms with E-state index in [9.17, 15) is 0 Å². The molecule has 0 saturated heterocycles. The van der Waals surface area contributed by atoms with Gasteiger partial charge in [-0.25, -0.2) is 0 Å². The molecule has 0 saturated carbocycles. The minimum Gasteiger partial charge on any atom is -0.493 e. The first-order valence-corrected chi connectivity index (χ1v) is 3.99. The maximum Gasteiger partial charge on any atom is 0.240 e. The van der Waals surface area contributed by atoms with Crippen molar-refractivity contribution in [1.82, 2.24) is 14.6 Å². The Morgan fingerprint density at radius 1 is 1.29 bits per heavy atom. The van der Waals surface area contributed by atoms with Crippen molar-refractivity contribution in [2.24, 2.45) is 0 Å². The molecule has 0 spiro atoms. The van der Waals surface area contributed by atoms with Gasteiger partial charge in [0.25, 0.3) is 0 Å². The number of ether oxygens (including phenoxy) is 2. The Morgan fingerprint density at radius 3 is 2.71 bits per heavy atom. The lowest BCUT2D eigenvalue weighted by Gasteiger charge is -2.04. The zero-order valence-corrected chi connectivity index (χ0v) is 7.89. The van der Waals surface area contributed by atoms with E-state index in [1.54, 1.807) is 26.4 Å². The molecule has 74 valence electrons. The van der Waals surface area contributed by atoms with Crippen molar-refractivity contribution < 1.29 is 9.47 Å². The van der Waals surface area contributed by atoms with E-state index in [-0.39, 0.29) is 5.95 Å². The second-order valence-electron chi connectivity index (χ2n) is 2.65. The Labute approximate surface area is 80.3 Å². The summed E-state index contributed by atoms with van der Waals surface area (Å²) in [6.45, 7) is 0. The van der Waals surface area contributed by atoms with Gasteiger partial charge in [0.1, 0.15) is 0 Å². The van der Waals surface area contributed by atoms with Crippen LogP contribution in [0.3, 0.4) is 0 Å². The molecule has 0 amide bonds. The maximum absolute atomic E-state index is 5.48. The summed E-state index contributed by atoms with van der Waals surface area (Å²) in [6.07, 6.45) is 0. The van der Waals surface area contributed by atoms with E-state index in [2.05, 4.69) is 10.1 Å². The lowest BCUT2D eigenvalue weighted by Crippen LogP contribution is -1.97. The molecule has 0 fully saturated rings. The van der Waals surface area contributed by atoms with E-state index in [1.807, 2.05) is 0 Å². The summed E-state index contributed by atoms with van der Waals surface area (Å²) in [6, 6.07) is 3.49. The number of methoxy groups -OCH3 is 2. The summed E-state index contributed by atoms with van der Waals surface area (Å²) in [5.74, 6) is 1.35. The fourth-order valence-electron chi connectivity index (χ4n) is 1.25. The summed E-state index contributed by atoms with van der Waals surface area (Å²) in [4.78, 5) is 4.02. The molecule has 2 heterocycles. The number of pyridine rings is 1. The van der Waals surface area contributed by atoms with Crippen LogP contribution in [0.25, 0.3) is 5.65 Å². The summed E-state index contributed by atoms with van der Waals surface area (Å²) in [5.41, 5.74) is 6.03. The summed E-state index contributed by atoms with van der Waals surface area (Å²) in [7, 11) is 3.12. The fraction of sp³-hybridized carbons (Fsp3) is 0.250. The molecule has 0 unspecified atom stereocenters. The first-order chi connectivity index (χ1) is 6.76. The number of nitrogens with zero attached hydrogens (tertiary/aromatic N) is 3. The second-order valence-corrected chi connectivity index (χ2v) is 2.65. The van der Waals surface area contributed by atoms with Gasteiger partial charge in [-0.3, -0.25) is 0 Å². The van der Waals surface area contributed by atoms with Gasteiger partial charge >= 0.3 is 0 Å². The lowest BCUT2D eigenvalue weighted by molar-refractivity contribution is 0.379. The van der Waals surface area contributed by atoms with Gasteiger partial charge in [0.15, 0.2) is 5.75 Å². The van der Waals surface area contributed by atoms with E-state index in [0.717, 1.165) is 0 Å². The van der Waals surface area contributed by atoms with Gasteiger partial charge in [-0.2, -0.15) is 9.50 Å². The van der Waals surface area contributed by atoms with Gasteiger partial charge < -0.3 is 15.2 Å². The number of aromatic nitrogens is 3. The molecule has 2 aromatic heterocycles. The van der Waals surface area contributed by atoms with Gasteiger partial charge in [-0.1, -0.05) is 0 Å². The van der Waals surface area contributed by atoms with E-state index >= 15 is 0 Å². The van der Waals surface area contributed by atoms with Crippen LogP contribution in [0.1, 0.15) is 0 Å². The molecular weight excluding hydrogens is 184 g/mol. The highest BCUT2D eigenvalue weighted by atomic mass is 16.5. The molecular formula is C8H10N4O2. The molecule has 0 aliphatic heterocycles. The Bertz CT molecular complexity index is 425. The van der Waals surface area contributed by atoms with E-state index < -0.39 is 0 Å². The lowest BCUT2D eigenvalue weighted by atomic mass is 10.4. The van der Waals surface area contributed by atoms with Crippen molar-refractivity contribution in [2.75, 3.05) is 20.0 Å². The zero-order valence-electron chi connectivity index (χ0n) is 7.89. The third kappa shape index (κ3) is 1.12. The molecule has 0 bridgehead atoms. The Kier molecular flexibility index (Phi) is 1.88. The molecule has 6 heteroatoms. The average Bonchev–Trinajstić information content (AvgIpc) is 2.57. The molecule has 0 radical (unpaired) electrons. The van der Waals surface area contributed by atoms with Gasteiger partial charge in [-0.15, -0.1) is 5.10 Å². The number of hydrogen-bond acceptors (Lipinski definition) is 5. The third-order valence-electron chi connectivity index (χ3n) is 1.86. The highest BCUT2D eigenvalue weighted by Crippen LogP contribution is 2.23. The number of rotatable bonds is 2. The Morgan fingerprint density at radius 2 is 2.07 bits per heavy atom. The number of fused-ring (bicyclic) bond motifs is 1. The quantitative estimate of drug-likeness (QED) is 0.745. The summed E-state index contributed by atoms with van der Waals surface area (Å²) >= 11 is 0. The van der Waals surface area contributed by atoms with Gasteiger partial charge in [-0.05, 0) is 6.07 Å². The number of hydrogen-bond donors (Lipinski definition) is 1. The minimum absolute atomic E-state index is 0.188. The summed E-state index contributed by atoms with van der Waals surface area (Å²) < 4.78 is 11.7. The van der Waals surface area contributed by atoms with Crippen LogP contribution < -0.4 is 15.2 Å². The predicted octanol–water partition coefficient (Wildman–Crippen LogP) is 0.329. The Balaban J connectivity index is 2.77. The third-order valence-corrected chi connectivity index (χ3v) is 1.86. The van der Waals surface area contributed by atoms with Crippen LogP contribution in [-0.4, -0.2) is 28.8 Å². The van der Waals surface area contributed by atoms with Crippen LogP contribution in [0.15, 0.2) is 12.1 Å². The molecule has 0 aliphatic rings. The molecule has 2 aromatic rings. The van der Waals surface area contributed by atoms with Crippen LogP contribution in [0.2, 0.25) is 0 Å². The monoisotopic (exact) mass is 194 g/mol. The van der Waals surface area contributed by atoms with Crippen LogP contribution >= 0.6 is 0 Å². The highest BCUT2D eigenvalue weighted by molar-refractivity contribution is 5.57. The van der Waals surface area contributed by atoms with Gasteiger partial charge in [0.05, 0.1) is 14.2 Å². The number of nitrogens with two attached hydrogens (primary N) is 1. The fourth-order valence-corrected chi connectivity index (χ4v) is 1.25. The standard InChI is InChI=1S/C8H10N4O2/c1-13-5-3-4-6(14-2)12-7(5)10-8(9)11-12/h3-4H,1-2H3,(H2,9,11). The van der Waals surface area contributed by atoms with Gasteiger partial charge in [0, 0.05) is 6.07 Å². The normalized spacial score (nSPS) is 10.4. The second kappa shape index (κ2) is 3.06. The van der Waals surface area contributed by atoms with Crippen LogP contribution in [-0.2, 0) is 0 Å². The minimum atomic E-state index is 0.188. The van der Waals surface area contributed by atoms with Crippen LogP contribution in [0.5, 0.6) is 11.6 Å². The first-order valence-electron chi connectivity index (χ1n) is 3.99. The number of anilines is 1. The zero-order chi connectivity index (χ0) is 10.1. The topological polar surface area (TPSA) is 74.7 Å². The molecule has 2 rings (SSSR count). The largest absolute Gasteiger partial charge is 0.493 e. The molecule has 14 heavy (non-hydrogen) atoms.